The lowest BCUT2D eigenvalue weighted by Gasteiger charge is -2.28. The van der Waals surface area contributed by atoms with Gasteiger partial charge in [-0.15, -0.1) is 0 Å². The third kappa shape index (κ3) is 3.36. The van der Waals surface area contributed by atoms with Crippen LogP contribution in [0, 0.1) is 5.92 Å². The molecule has 0 spiro atoms. The third-order valence-corrected chi connectivity index (χ3v) is 3.53. The Labute approximate surface area is 116 Å². The second-order valence-corrected chi connectivity index (χ2v) is 4.96. The van der Waals surface area contributed by atoms with Crippen LogP contribution < -0.4 is 5.32 Å². The lowest BCUT2D eigenvalue weighted by molar-refractivity contribution is -0.145. The Morgan fingerprint density at radius 3 is 2.90 bits per heavy atom. The highest BCUT2D eigenvalue weighted by Gasteiger charge is 2.32. The Hall–Kier alpha value is -1.89. The molecule has 1 aliphatic heterocycles. The van der Waals surface area contributed by atoms with Gasteiger partial charge in [0.2, 0.25) is 5.91 Å². The molecule has 3 atom stereocenters. The summed E-state index contributed by atoms with van der Waals surface area (Å²) < 4.78 is 6.79. The lowest BCUT2D eigenvalue weighted by Crippen LogP contribution is -2.50. The van der Waals surface area contributed by atoms with Crippen LogP contribution in [0.2, 0.25) is 0 Å². The minimum absolute atomic E-state index is 0.185. The molecule has 0 bridgehead atoms. The third-order valence-electron chi connectivity index (χ3n) is 3.53. The minimum atomic E-state index is -1.03. The lowest BCUT2D eigenvalue weighted by atomic mass is 9.93. The second kappa shape index (κ2) is 6.51. The van der Waals surface area contributed by atoms with Gasteiger partial charge in [0.05, 0.1) is 6.61 Å². The highest BCUT2D eigenvalue weighted by molar-refractivity contribution is 5.85. The number of carbonyl (C=O) groups excluding carboxylic acids is 1. The highest BCUT2D eigenvalue weighted by Crippen LogP contribution is 2.18. The zero-order valence-corrected chi connectivity index (χ0v) is 11.4. The summed E-state index contributed by atoms with van der Waals surface area (Å²) in [5.41, 5.74) is 0. The number of ether oxygens (including phenoxy) is 1. The molecule has 7 nitrogen and oxygen atoms in total. The number of nitrogens with zero attached hydrogens (tertiary/aromatic N) is 2. The smallest absolute Gasteiger partial charge is 0.326 e. The fraction of sp³-hybridized carbons (Fsp3) is 0.615. The predicted octanol–water partition coefficient (Wildman–Crippen LogP) is 0.440. The Balaban J connectivity index is 2.00. The van der Waals surface area contributed by atoms with Gasteiger partial charge in [-0.3, -0.25) is 9.48 Å². The van der Waals surface area contributed by atoms with E-state index < -0.39 is 18.1 Å². The van der Waals surface area contributed by atoms with E-state index in [9.17, 15) is 14.7 Å². The molecule has 1 aromatic rings. The molecule has 110 valence electrons. The van der Waals surface area contributed by atoms with Crippen LogP contribution in [0.5, 0.6) is 0 Å². The first kappa shape index (κ1) is 14.5. The van der Waals surface area contributed by atoms with Crippen molar-refractivity contribution in [3.05, 3.63) is 18.5 Å². The molecule has 2 heterocycles. The van der Waals surface area contributed by atoms with Crippen LogP contribution in [0.25, 0.3) is 0 Å². The number of nitrogens with one attached hydrogen (secondary N) is 1. The summed E-state index contributed by atoms with van der Waals surface area (Å²) in [4.78, 5) is 23.5. The average molecular weight is 281 g/mol. The molecule has 0 radical (unpaired) electrons. The van der Waals surface area contributed by atoms with Gasteiger partial charge < -0.3 is 15.2 Å². The van der Waals surface area contributed by atoms with Gasteiger partial charge in [0.15, 0.2) is 0 Å². The molecular formula is C13H19N3O4. The predicted molar refractivity (Wildman–Crippen MR) is 70.0 cm³/mol. The van der Waals surface area contributed by atoms with E-state index in [-0.39, 0.29) is 11.8 Å². The molecule has 1 saturated heterocycles. The number of hydrogen-bond donors (Lipinski definition) is 2. The summed E-state index contributed by atoms with van der Waals surface area (Å²) in [6.45, 7) is 2.70. The molecule has 2 rings (SSSR count). The summed E-state index contributed by atoms with van der Waals surface area (Å²) in [6.07, 6.45) is 4.81. The Morgan fingerprint density at radius 2 is 2.35 bits per heavy atom. The van der Waals surface area contributed by atoms with Crippen molar-refractivity contribution < 1.29 is 19.4 Å². The first-order chi connectivity index (χ1) is 9.59. The summed E-state index contributed by atoms with van der Waals surface area (Å²) in [6, 6.07) is 0.255. The van der Waals surface area contributed by atoms with Gasteiger partial charge in [-0.2, -0.15) is 5.10 Å². The Morgan fingerprint density at radius 1 is 1.55 bits per heavy atom. The minimum Gasteiger partial charge on any atom is -0.480 e. The van der Waals surface area contributed by atoms with Crippen molar-refractivity contribution in [3.8, 4) is 0 Å². The van der Waals surface area contributed by atoms with Crippen LogP contribution >= 0.6 is 0 Å². The Kier molecular flexibility index (Phi) is 4.73. The largest absolute Gasteiger partial charge is 0.480 e. The van der Waals surface area contributed by atoms with Crippen molar-refractivity contribution in [2.24, 2.45) is 5.92 Å². The van der Waals surface area contributed by atoms with Crippen molar-refractivity contribution in [1.29, 1.82) is 0 Å². The zero-order chi connectivity index (χ0) is 14.5. The van der Waals surface area contributed by atoms with Gasteiger partial charge in [-0.05, 0) is 25.8 Å². The number of amides is 1. The van der Waals surface area contributed by atoms with Gasteiger partial charge in [0, 0.05) is 24.9 Å². The van der Waals surface area contributed by atoms with E-state index in [2.05, 4.69) is 10.4 Å². The van der Waals surface area contributed by atoms with E-state index in [1.165, 1.54) is 4.68 Å². The first-order valence-electron chi connectivity index (χ1n) is 6.69. The van der Waals surface area contributed by atoms with E-state index >= 15 is 0 Å². The molecular weight excluding hydrogens is 262 g/mol. The number of carboxylic acid groups (broad SMARTS) is 1. The fourth-order valence-electron chi connectivity index (χ4n) is 2.31. The quantitative estimate of drug-likeness (QED) is 0.817. The van der Waals surface area contributed by atoms with Gasteiger partial charge in [-0.1, -0.05) is 0 Å². The fourth-order valence-corrected chi connectivity index (χ4v) is 2.31. The van der Waals surface area contributed by atoms with Crippen LogP contribution in [0.4, 0.5) is 0 Å². The Bertz CT molecular complexity index is 454. The average Bonchev–Trinajstić information content (AvgIpc) is 2.98. The molecule has 20 heavy (non-hydrogen) atoms. The molecule has 1 aromatic heterocycles. The van der Waals surface area contributed by atoms with Crippen molar-refractivity contribution in [2.75, 3.05) is 13.2 Å². The summed E-state index contributed by atoms with van der Waals surface area (Å²) >= 11 is 0. The maximum absolute atomic E-state index is 12.1. The highest BCUT2D eigenvalue weighted by atomic mass is 16.5. The van der Waals surface area contributed by atoms with Crippen LogP contribution in [-0.4, -0.2) is 46.0 Å². The molecule has 0 aromatic carbocycles. The normalized spacial score (nSPS) is 21.9. The molecule has 0 saturated carbocycles. The van der Waals surface area contributed by atoms with E-state index in [0.29, 0.717) is 13.2 Å². The number of carboxylic acids is 1. The number of aliphatic carboxylic acids is 1. The van der Waals surface area contributed by atoms with Crippen LogP contribution in [0.1, 0.15) is 25.8 Å². The molecule has 1 fully saturated rings. The number of aromatic nitrogens is 2. The van der Waals surface area contributed by atoms with E-state index in [4.69, 9.17) is 4.74 Å². The SMILES string of the molecule is CC(C(=O)NC(C(=O)O)C1CCCOC1)n1cccn1. The van der Waals surface area contributed by atoms with Gasteiger partial charge in [0.1, 0.15) is 12.1 Å². The van der Waals surface area contributed by atoms with Crippen LogP contribution in [0.3, 0.4) is 0 Å². The van der Waals surface area contributed by atoms with Gasteiger partial charge >= 0.3 is 5.97 Å². The zero-order valence-electron chi connectivity index (χ0n) is 11.4. The number of carbonyl (C=O) groups is 2. The van der Waals surface area contributed by atoms with E-state index in [0.717, 1.165) is 12.8 Å². The topological polar surface area (TPSA) is 93.5 Å². The van der Waals surface area contributed by atoms with E-state index in [1.807, 2.05) is 0 Å². The molecule has 1 aliphatic rings. The maximum Gasteiger partial charge on any atom is 0.326 e. The van der Waals surface area contributed by atoms with Crippen molar-refractivity contribution in [2.45, 2.75) is 31.8 Å². The van der Waals surface area contributed by atoms with Crippen LogP contribution in [0.15, 0.2) is 18.5 Å². The summed E-state index contributed by atoms with van der Waals surface area (Å²) in [5, 5.41) is 15.9. The van der Waals surface area contributed by atoms with Gasteiger partial charge in [0.25, 0.3) is 0 Å². The van der Waals surface area contributed by atoms with E-state index in [1.54, 1.807) is 25.4 Å². The summed E-state index contributed by atoms with van der Waals surface area (Å²) in [5.74, 6) is -1.57. The molecule has 2 N–H and O–H groups in total. The molecule has 3 unspecified atom stereocenters. The van der Waals surface area contributed by atoms with Crippen molar-refractivity contribution in [1.82, 2.24) is 15.1 Å². The molecule has 0 aliphatic carbocycles. The summed E-state index contributed by atoms with van der Waals surface area (Å²) in [7, 11) is 0. The van der Waals surface area contributed by atoms with Crippen molar-refractivity contribution in [3.63, 3.8) is 0 Å². The monoisotopic (exact) mass is 281 g/mol. The van der Waals surface area contributed by atoms with Crippen LogP contribution in [-0.2, 0) is 14.3 Å². The standard InChI is InChI=1S/C13H19N3O4/c1-9(16-6-3-5-14-16)12(17)15-11(13(18)19)10-4-2-7-20-8-10/h3,5-6,9-11H,2,4,7-8H2,1H3,(H,15,17)(H,18,19). The second-order valence-electron chi connectivity index (χ2n) is 4.96. The molecule has 7 heteroatoms. The first-order valence-corrected chi connectivity index (χ1v) is 6.69. The maximum atomic E-state index is 12.1. The van der Waals surface area contributed by atoms with Crippen molar-refractivity contribution >= 4 is 11.9 Å². The number of hydrogen-bond acceptors (Lipinski definition) is 4. The number of rotatable bonds is 5. The van der Waals surface area contributed by atoms with Gasteiger partial charge in [-0.25, -0.2) is 4.79 Å². The molecule has 1 amide bonds.